The number of aliphatic hydroxyl groups excluding tert-OH is 1. The maximum atomic E-state index is 13.1. The molecule has 6 nitrogen and oxygen atoms in total. The van der Waals surface area contributed by atoms with Crippen molar-refractivity contribution in [3.05, 3.63) is 47.5 Å². The Hall–Kier alpha value is -2.28. The maximum Gasteiger partial charge on any atom is 0.275 e. The first-order chi connectivity index (χ1) is 10.5. The Morgan fingerprint density at radius 2 is 2.27 bits per heavy atom. The second-order valence-electron chi connectivity index (χ2n) is 5.30. The number of amides is 1. The average molecular weight is 306 g/mol. The largest absolute Gasteiger partial charge is 0.393 e. The third-order valence-electron chi connectivity index (χ3n) is 3.22. The number of hydrogen-bond acceptors (Lipinski definition) is 4. The first-order valence-electron chi connectivity index (χ1n) is 7.04. The van der Waals surface area contributed by atoms with Gasteiger partial charge in [0.1, 0.15) is 5.82 Å². The van der Waals surface area contributed by atoms with Crippen LogP contribution in [0.4, 0.5) is 4.39 Å². The highest BCUT2D eigenvalue weighted by Crippen LogP contribution is 2.07. The Kier molecular flexibility index (Phi) is 5.21. The summed E-state index contributed by atoms with van der Waals surface area (Å²) in [6, 6.07) is 6.19. The minimum Gasteiger partial charge on any atom is -0.393 e. The number of rotatable bonds is 6. The van der Waals surface area contributed by atoms with E-state index in [4.69, 9.17) is 0 Å². The van der Waals surface area contributed by atoms with E-state index in [1.54, 1.807) is 26.1 Å². The average Bonchev–Trinajstić information content (AvgIpc) is 2.92. The van der Waals surface area contributed by atoms with Crippen molar-refractivity contribution in [2.75, 3.05) is 13.6 Å². The summed E-state index contributed by atoms with van der Waals surface area (Å²) in [5.41, 5.74) is 0.968. The maximum absolute atomic E-state index is 13.1. The minimum absolute atomic E-state index is 0.226. The molecule has 1 heterocycles. The molecule has 1 N–H and O–H groups in total. The lowest BCUT2D eigenvalue weighted by molar-refractivity contribution is 0.0763. The summed E-state index contributed by atoms with van der Waals surface area (Å²) in [5.74, 6) is -0.571. The number of carbonyl (C=O) groups excluding carboxylic acids is 1. The van der Waals surface area contributed by atoms with Crippen LogP contribution in [-0.2, 0) is 6.54 Å². The zero-order chi connectivity index (χ0) is 16.1. The van der Waals surface area contributed by atoms with Crippen molar-refractivity contribution in [3.8, 4) is 0 Å². The second kappa shape index (κ2) is 7.13. The van der Waals surface area contributed by atoms with E-state index in [9.17, 15) is 14.3 Å². The quantitative estimate of drug-likeness (QED) is 0.873. The van der Waals surface area contributed by atoms with Crippen LogP contribution in [0.25, 0.3) is 0 Å². The molecule has 22 heavy (non-hydrogen) atoms. The predicted molar refractivity (Wildman–Crippen MR) is 78.8 cm³/mol. The number of benzene rings is 1. The van der Waals surface area contributed by atoms with Crippen LogP contribution >= 0.6 is 0 Å². The molecule has 1 unspecified atom stereocenters. The fourth-order valence-electron chi connectivity index (χ4n) is 1.97. The molecule has 1 atom stereocenters. The predicted octanol–water partition coefficient (Wildman–Crippen LogP) is 1.31. The van der Waals surface area contributed by atoms with Gasteiger partial charge in [-0.2, -0.15) is 0 Å². The third-order valence-corrected chi connectivity index (χ3v) is 3.22. The molecule has 0 aliphatic rings. The molecule has 2 aromatic rings. The number of halogens is 1. The Labute approximate surface area is 128 Å². The van der Waals surface area contributed by atoms with Gasteiger partial charge in [-0.3, -0.25) is 4.79 Å². The van der Waals surface area contributed by atoms with Crippen molar-refractivity contribution >= 4 is 5.91 Å². The van der Waals surface area contributed by atoms with Crippen molar-refractivity contribution in [2.45, 2.75) is 26.0 Å². The highest BCUT2D eigenvalue weighted by molar-refractivity contribution is 5.91. The van der Waals surface area contributed by atoms with Gasteiger partial charge in [-0.1, -0.05) is 17.3 Å². The van der Waals surface area contributed by atoms with Gasteiger partial charge in [0.05, 0.1) is 18.8 Å². The van der Waals surface area contributed by atoms with Gasteiger partial charge in [-0.25, -0.2) is 9.07 Å². The van der Waals surface area contributed by atoms with E-state index < -0.39 is 6.10 Å². The van der Waals surface area contributed by atoms with Crippen LogP contribution < -0.4 is 0 Å². The van der Waals surface area contributed by atoms with Gasteiger partial charge in [0.2, 0.25) is 0 Å². The van der Waals surface area contributed by atoms with Gasteiger partial charge in [0.25, 0.3) is 5.91 Å². The van der Waals surface area contributed by atoms with Crippen LogP contribution in [-0.4, -0.2) is 50.6 Å². The van der Waals surface area contributed by atoms with E-state index in [0.717, 1.165) is 5.56 Å². The number of carbonyl (C=O) groups is 1. The van der Waals surface area contributed by atoms with Crippen LogP contribution in [0.3, 0.4) is 0 Å². The van der Waals surface area contributed by atoms with Gasteiger partial charge in [-0.15, -0.1) is 5.10 Å². The Balaban J connectivity index is 2.00. The minimum atomic E-state index is -0.459. The molecule has 1 amide bonds. The summed E-state index contributed by atoms with van der Waals surface area (Å²) in [4.78, 5) is 13.6. The molecule has 7 heteroatoms. The van der Waals surface area contributed by atoms with Crippen molar-refractivity contribution in [1.82, 2.24) is 19.9 Å². The molecule has 0 radical (unpaired) electrons. The van der Waals surface area contributed by atoms with Crippen molar-refractivity contribution in [3.63, 3.8) is 0 Å². The zero-order valence-corrected chi connectivity index (χ0v) is 12.6. The summed E-state index contributed by atoms with van der Waals surface area (Å²) in [6.07, 6.45) is 1.57. The highest BCUT2D eigenvalue weighted by atomic mass is 19.1. The van der Waals surface area contributed by atoms with Gasteiger partial charge in [0, 0.05) is 13.6 Å². The number of hydrogen-bond donors (Lipinski definition) is 1. The van der Waals surface area contributed by atoms with Crippen molar-refractivity contribution in [1.29, 1.82) is 0 Å². The molecule has 0 bridgehead atoms. The third kappa shape index (κ3) is 4.36. The van der Waals surface area contributed by atoms with E-state index >= 15 is 0 Å². The van der Waals surface area contributed by atoms with Gasteiger partial charge >= 0.3 is 0 Å². The fourth-order valence-corrected chi connectivity index (χ4v) is 1.97. The highest BCUT2D eigenvalue weighted by Gasteiger charge is 2.16. The molecular weight excluding hydrogens is 287 g/mol. The number of nitrogens with zero attached hydrogens (tertiary/aromatic N) is 4. The monoisotopic (exact) mass is 306 g/mol. The molecule has 0 aliphatic carbocycles. The van der Waals surface area contributed by atoms with Crippen LogP contribution in [0.15, 0.2) is 30.5 Å². The fraction of sp³-hybridized carbons (Fsp3) is 0.400. The molecule has 0 fully saturated rings. The number of aromatic nitrogens is 3. The van der Waals surface area contributed by atoms with E-state index in [0.29, 0.717) is 19.5 Å². The van der Waals surface area contributed by atoms with Crippen LogP contribution in [0, 0.1) is 5.82 Å². The molecule has 1 aromatic heterocycles. The summed E-state index contributed by atoms with van der Waals surface area (Å²) in [7, 11) is 1.65. The Morgan fingerprint density at radius 3 is 2.95 bits per heavy atom. The van der Waals surface area contributed by atoms with E-state index in [2.05, 4.69) is 10.3 Å². The zero-order valence-electron chi connectivity index (χ0n) is 12.6. The van der Waals surface area contributed by atoms with Gasteiger partial charge in [-0.05, 0) is 31.0 Å². The molecule has 0 saturated heterocycles. The van der Waals surface area contributed by atoms with Crippen molar-refractivity contribution in [2.24, 2.45) is 0 Å². The summed E-state index contributed by atoms with van der Waals surface area (Å²) < 4.78 is 14.6. The Morgan fingerprint density at radius 1 is 1.50 bits per heavy atom. The van der Waals surface area contributed by atoms with E-state index in [1.165, 1.54) is 27.9 Å². The van der Waals surface area contributed by atoms with E-state index in [1.807, 2.05) is 0 Å². The standard InChI is InChI=1S/C15H19FN4O2/c1-11(21)6-7-19(2)15(22)14-10-20(18-17-14)9-12-4-3-5-13(16)8-12/h3-5,8,10-11,21H,6-7,9H2,1-2H3. The summed E-state index contributed by atoms with van der Waals surface area (Å²) in [5, 5.41) is 17.0. The molecule has 2 rings (SSSR count). The SMILES string of the molecule is CC(O)CCN(C)C(=O)c1cn(Cc2cccc(F)c2)nn1. The summed E-state index contributed by atoms with van der Waals surface area (Å²) in [6.45, 7) is 2.45. The second-order valence-corrected chi connectivity index (χ2v) is 5.30. The molecular formula is C15H19FN4O2. The van der Waals surface area contributed by atoms with Crippen LogP contribution in [0.1, 0.15) is 29.4 Å². The lowest BCUT2D eigenvalue weighted by Crippen LogP contribution is -2.29. The molecule has 0 aliphatic heterocycles. The van der Waals surface area contributed by atoms with Crippen LogP contribution in [0.2, 0.25) is 0 Å². The normalized spacial score (nSPS) is 12.2. The summed E-state index contributed by atoms with van der Waals surface area (Å²) >= 11 is 0. The molecule has 0 saturated carbocycles. The van der Waals surface area contributed by atoms with Crippen LogP contribution in [0.5, 0.6) is 0 Å². The smallest absolute Gasteiger partial charge is 0.275 e. The van der Waals surface area contributed by atoms with E-state index in [-0.39, 0.29) is 17.4 Å². The molecule has 1 aromatic carbocycles. The first-order valence-corrected chi connectivity index (χ1v) is 7.04. The lowest BCUT2D eigenvalue weighted by Gasteiger charge is -2.16. The molecule has 118 valence electrons. The molecule has 0 spiro atoms. The van der Waals surface area contributed by atoms with Gasteiger partial charge < -0.3 is 10.0 Å². The lowest BCUT2D eigenvalue weighted by atomic mass is 10.2. The Bertz CT molecular complexity index is 642. The topological polar surface area (TPSA) is 71.2 Å². The first kappa shape index (κ1) is 16.1. The van der Waals surface area contributed by atoms with Crippen molar-refractivity contribution < 1.29 is 14.3 Å². The van der Waals surface area contributed by atoms with Gasteiger partial charge in [0.15, 0.2) is 5.69 Å². The number of aliphatic hydroxyl groups is 1.